The van der Waals surface area contributed by atoms with Gasteiger partial charge in [-0.2, -0.15) is 0 Å². The maximum Gasteiger partial charge on any atom is 0.234 e. The van der Waals surface area contributed by atoms with E-state index in [2.05, 4.69) is 31.6 Å². The lowest BCUT2D eigenvalue weighted by Gasteiger charge is -2.25. The molecule has 13 heteroatoms. The number of nitrogens with one attached hydrogen (secondary N) is 5. The van der Waals surface area contributed by atoms with E-state index in [1.54, 1.807) is 12.1 Å². The summed E-state index contributed by atoms with van der Waals surface area (Å²) in [4.78, 5) is 16.7. The number of rotatable bonds is 14. The highest BCUT2D eigenvalue weighted by Gasteiger charge is 2.24. The van der Waals surface area contributed by atoms with Crippen LogP contribution in [0.2, 0.25) is 10.0 Å². The van der Waals surface area contributed by atoms with Gasteiger partial charge in [-0.3, -0.25) is 20.4 Å². The number of guanidine groups is 1. The highest BCUT2D eigenvalue weighted by atomic mass is 35.5. The molecular weight excluding hydrogens is 595 g/mol. The second-order valence-corrected chi connectivity index (χ2v) is 10.7. The van der Waals surface area contributed by atoms with Gasteiger partial charge in [-0.15, -0.1) is 0 Å². The number of halogens is 2. The lowest BCUT2D eigenvalue weighted by Crippen LogP contribution is -2.50. The average Bonchev–Trinajstić information content (AvgIpc) is 2.99. The topological polar surface area (TPSA) is 160 Å². The van der Waals surface area contributed by atoms with Gasteiger partial charge in [-0.25, -0.2) is 0 Å². The second kappa shape index (κ2) is 16.6. The van der Waals surface area contributed by atoms with Crippen LogP contribution in [-0.2, 0) is 16.1 Å². The number of anilines is 1. The average molecular weight is 632 g/mol. The third kappa shape index (κ3) is 10.2. The molecule has 1 unspecified atom stereocenters. The van der Waals surface area contributed by atoms with Crippen molar-refractivity contribution in [3.8, 4) is 11.1 Å². The number of aliphatic imine (C=N–C) groups is 1. The fraction of sp³-hybridized carbons (Fsp3) is 0.333. The Morgan fingerprint density at radius 3 is 2.47 bits per heavy atom. The zero-order chi connectivity index (χ0) is 30.6. The van der Waals surface area contributed by atoms with E-state index in [0.717, 1.165) is 47.8 Å². The molecule has 1 aliphatic heterocycles. The van der Waals surface area contributed by atoms with Gasteiger partial charge in [0.1, 0.15) is 6.23 Å². The molecule has 3 aromatic carbocycles. The Kier molecular flexibility index (Phi) is 12.6. The first-order valence-electron chi connectivity index (χ1n) is 13.8. The maximum absolute atomic E-state index is 12.3. The van der Waals surface area contributed by atoms with Crippen LogP contribution < -0.4 is 26.6 Å². The van der Waals surface area contributed by atoms with Crippen molar-refractivity contribution in [2.24, 2.45) is 4.99 Å². The Labute approximate surface area is 260 Å². The number of nitrogens with zero attached hydrogens (tertiary/aromatic N) is 1. The number of hydrogen-bond acceptors (Lipinski definition) is 10. The van der Waals surface area contributed by atoms with E-state index in [1.807, 2.05) is 54.6 Å². The molecule has 11 nitrogen and oxygen atoms in total. The number of carbonyl (C=O) groups is 1. The molecular formula is C30H36Cl2N6O5. The minimum absolute atomic E-state index is 0.0670. The Balaban J connectivity index is 1.19. The third-order valence-corrected chi connectivity index (χ3v) is 7.18. The van der Waals surface area contributed by atoms with Crippen molar-refractivity contribution in [1.29, 1.82) is 0 Å². The van der Waals surface area contributed by atoms with Gasteiger partial charge in [0, 0.05) is 40.9 Å². The molecule has 4 rings (SSSR count). The Morgan fingerprint density at radius 2 is 1.77 bits per heavy atom. The van der Waals surface area contributed by atoms with Crippen molar-refractivity contribution in [3.05, 3.63) is 87.9 Å². The van der Waals surface area contributed by atoms with Crippen molar-refractivity contribution >= 4 is 40.8 Å². The molecule has 43 heavy (non-hydrogen) atoms. The molecule has 0 radical (unpaired) electrons. The summed E-state index contributed by atoms with van der Waals surface area (Å²) >= 11 is 12.9. The van der Waals surface area contributed by atoms with Gasteiger partial charge in [-0.1, -0.05) is 65.7 Å². The van der Waals surface area contributed by atoms with Crippen LogP contribution in [0.15, 0.2) is 71.7 Å². The molecule has 0 aromatic heterocycles. The molecule has 3 aromatic rings. The molecule has 1 aliphatic rings. The van der Waals surface area contributed by atoms with Crippen LogP contribution in [-0.4, -0.2) is 72.4 Å². The lowest BCUT2D eigenvalue weighted by molar-refractivity contribution is -0.121. The highest BCUT2D eigenvalue weighted by molar-refractivity contribution is 6.36. The zero-order valence-electron chi connectivity index (χ0n) is 23.4. The van der Waals surface area contributed by atoms with E-state index in [0.29, 0.717) is 6.61 Å². The first-order chi connectivity index (χ1) is 20.8. The van der Waals surface area contributed by atoms with Crippen LogP contribution in [0.4, 0.5) is 5.69 Å². The first-order valence-corrected chi connectivity index (χ1v) is 14.6. The SMILES string of the molecule is O=C(CNCOCc1cccc(NC2=NCCCN2)c1)NC[C@H](NC(O)c1c(Cl)cc(-c2ccccc2)cc1Cl)C(O)O. The monoisotopic (exact) mass is 630 g/mol. The summed E-state index contributed by atoms with van der Waals surface area (Å²) < 4.78 is 5.62. The van der Waals surface area contributed by atoms with Gasteiger partial charge in [0.25, 0.3) is 0 Å². The third-order valence-electron chi connectivity index (χ3n) is 6.56. The van der Waals surface area contributed by atoms with E-state index in [9.17, 15) is 20.1 Å². The summed E-state index contributed by atoms with van der Waals surface area (Å²) in [5.74, 6) is 0.350. The maximum atomic E-state index is 12.3. The van der Waals surface area contributed by atoms with E-state index < -0.39 is 24.5 Å². The molecule has 8 N–H and O–H groups in total. The Hall–Kier alpha value is -3.26. The summed E-state index contributed by atoms with van der Waals surface area (Å²) in [6.07, 6.45) is -2.30. The van der Waals surface area contributed by atoms with Gasteiger partial charge >= 0.3 is 0 Å². The largest absolute Gasteiger partial charge is 0.374 e. The van der Waals surface area contributed by atoms with Gasteiger partial charge in [0.15, 0.2) is 12.2 Å². The standard InChI is InChI=1S/C30H36Cl2N6O5/c31-23-13-21(20-7-2-1-3-8-20)14-24(32)27(23)28(40)38-25(29(41)42)15-36-26(39)16-33-18-43-17-19-6-4-9-22(12-19)37-30-34-10-5-11-35-30/h1-4,6-9,12-14,25,28-29,33,38,40-42H,5,10-11,15-18H2,(H,36,39)(H2,34,35,37)/t25-,28?/m0/s1. The fourth-order valence-corrected chi connectivity index (χ4v) is 5.06. The van der Waals surface area contributed by atoms with Crippen LogP contribution >= 0.6 is 23.2 Å². The summed E-state index contributed by atoms with van der Waals surface area (Å²) in [7, 11) is 0. The van der Waals surface area contributed by atoms with Gasteiger partial charge in [-0.05, 0) is 47.4 Å². The lowest BCUT2D eigenvalue weighted by atomic mass is 10.0. The van der Waals surface area contributed by atoms with Gasteiger partial charge < -0.3 is 36.0 Å². The number of ether oxygens (including phenoxy) is 1. The van der Waals surface area contributed by atoms with E-state index in [4.69, 9.17) is 27.9 Å². The second-order valence-electron chi connectivity index (χ2n) is 9.87. The number of benzene rings is 3. The fourth-order valence-electron chi connectivity index (χ4n) is 4.36. The van der Waals surface area contributed by atoms with Crippen molar-refractivity contribution in [2.45, 2.75) is 31.6 Å². The van der Waals surface area contributed by atoms with Gasteiger partial charge in [0.05, 0.1) is 25.9 Å². The van der Waals surface area contributed by atoms with Crippen LogP contribution in [0, 0.1) is 0 Å². The molecule has 2 atom stereocenters. The number of amides is 1. The predicted molar refractivity (Wildman–Crippen MR) is 168 cm³/mol. The summed E-state index contributed by atoms with van der Waals surface area (Å²) in [6.45, 7) is 1.89. The zero-order valence-corrected chi connectivity index (χ0v) is 24.9. The van der Waals surface area contributed by atoms with Crippen molar-refractivity contribution in [3.63, 3.8) is 0 Å². The van der Waals surface area contributed by atoms with Crippen molar-refractivity contribution in [1.82, 2.24) is 21.3 Å². The molecule has 1 heterocycles. The molecule has 1 amide bonds. The molecule has 0 saturated heterocycles. The quantitative estimate of drug-likeness (QED) is 0.0989. The number of aliphatic hydroxyl groups excluding tert-OH is 2. The van der Waals surface area contributed by atoms with Crippen molar-refractivity contribution in [2.75, 3.05) is 38.2 Å². The summed E-state index contributed by atoms with van der Waals surface area (Å²) in [5.41, 5.74) is 3.69. The smallest absolute Gasteiger partial charge is 0.234 e. The molecule has 0 aliphatic carbocycles. The van der Waals surface area contributed by atoms with E-state index >= 15 is 0 Å². The Morgan fingerprint density at radius 1 is 1.00 bits per heavy atom. The molecule has 0 fully saturated rings. The van der Waals surface area contributed by atoms with Crippen LogP contribution in [0.5, 0.6) is 0 Å². The number of hydrogen-bond donors (Lipinski definition) is 8. The van der Waals surface area contributed by atoms with Crippen LogP contribution in [0.1, 0.15) is 23.8 Å². The van der Waals surface area contributed by atoms with E-state index in [1.165, 1.54) is 0 Å². The first kappa shape index (κ1) is 32.6. The number of aliphatic hydroxyl groups is 3. The summed E-state index contributed by atoms with van der Waals surface area (Å²) in [5, 5.41) is 45.4. The Bertz CT molecular complexity index is 1360. The predicted octanol–water partition coefficient (Wildman–Crippen LogP) is 2.56. The van der Waals surface area contributed by atoms with E-state index in [-0.39, 0.29) is 35.4 Å². The van der Waals surface area contributed by atoms with Crippen LogP contribution in [0.25, 0.3) is 11.1 Å². The van der Waals surface area contributed by atoms with Crippen LogP contribution in [0.3, 0.4) is 0 Å². The normalized spacial score (nSPS) is 14.5. The molecule has 0 bridgehead atoms. The highest BCUT2D eigenvalue weighted by Crippen LogP contribution is 2.35. The molecule has 230 valence electrons. The van der Waals surface area contributed by atoms with Gasteiger partial charge in [0.2, 0.25) is 5.91 Å². The minimum atomic E-state index is -1.89. The van der Waals surface area contributed by atoms with Crippen molar-refractivity contribution < 1.29 is 24.9 Å². The summed E-state index contributed by atoms with van der Waals surface area (Å²) in [6, 6.07) is 19.5. The minimum Gasteiger partial charge on any atom is -0.374 e. The molecule has 0 saturated carbocycles. The number of carbonyl (C=O) groups excluding carboxylic acids is 1. The molecule has 0 spiro atoms.